The molecule has 1 saturated heterocycles. The second kappa shape index (κ2) is 6.46. The van der Waals surface area contributed by atoms with Crippen molar-refractivity contribution in [3.63, 3.8) is 0 Å². The van der Waals surface area contributed by atoms with Gasteiger partial charge in [0, 0.05) is 12.5 Å². The highest BCUT2D eigenvalue weighted by molar-refractivity contribution is 5.70. The average Bonchev–Trinajstić information content (AvgIpc) is 2.45. The molecule has 120 valence electrons. The molecule has 0 aromatic heterocycles. The zero-order chi connectivity index (χ0) is 16.3. The van der Waals surface area contributed by atoms with Gasteiger partial charge in [0.15, 0.2) is 0 Å². The van der Waals surface area contributed by atoms with Crippen LogP contribution in [0.15, 0.2) is 24.3 Å². The third-order valence-electron chi connectivity index (χ3n) is 3.69. The number of hydrogen-bond donors (Lipinski definition) is 0. The topological polar surface area (TPSA) is 46.6 Å². The molecule has 0 bridgehead atoms. The van der Waals surface area contributed by atoms with E-state index in [2.05, 4.69) is 0 Å². The fourth-order valence-electron chi connectivity index (χ4n) is 2.78. The van der Waals surface area contributed by atoms with Gasteiger partial charge >= 0.3 is 6.09 Å². The minimum atomic E-state index is -0.599. The number of amides is 1. The third kappa shape index (κ3) is 3.84. The summed E-state index contributed by atoms with van der Waals surface area (Å²) in [5.74, 6) is -0.641. The van der Waals surface area contributed by atoms with Crippen molar-refractivity contribution in [2.45, 2.75) is 45.3 Å². The predicted molar refractivity (Wildman–Crippen MR) is 80.9 cm³/mol. The highest BCUT2D eigenvalue weighted by Gasteiger charge is 2.37. The first-order valence-corrected chi connectivity index (χ1v) is 7.52. The lowest BCUT2D eigenvalue weighted by Gasteiger charge is -2.40. The fourth-order valence-corrected chi connectivity index (χ4v) is 2.78. The van der Waals surface area contributed by atoms with Gasteiger partial charge in [-0.2, -0.15) is 0 Å². The van der Waals surface area contributed by atoms with Gasteiger partial charge in [0.25, 0.3) is 0 Å². The molecule has 4 nitrogen and oxygen atoms in total. The largest absolute Gasteiger partial charge is 0.444 e. The van der Waals surface area contributed by atoms with Crippen molar-refractivity contribution >= 4 is 12.4 Å². The van der Waals surface area contributed by atoms with Crippen molar-refractivity contribution in [2.24, 2.45) is 5.92 Å². The molecule has 1 aliphatic rings. The van der Waals surface area contributed by atoms with Crippen LogP contribution in [0.25, 0.3) is 0 Å². The lowest BCUT2D eigenvalue weighted by Crippen LogP contribution is -2.45. The monoisotopic (exact) mass is 307 g/mol. The summed E-state index contributed by atoms with van der Waals surface area (Å²) >= 11 is 0. The number of rotatable bonds is 2. The molecule has 1 aromatic rings. The molecule has 1 unspecified atom stereocenters. The number of ether oxygens (including phenoxy) is 1. The molecule has 0 spiro atoms. The van der Waals surface area contributed by atoms with Crippen molar-refractivity contribution in [2.75, 3.05) is 6.54 Å². The number of halogens is 1. The summed E-state index contributed by atoms with van der Waals surface area (Å²) in [6, 6.07) is 5.54. The molecule has 0 saturated carbocycles. The Balaban J connectivity index is 2.30. The summed E-state index contributed by atoms with van der Waals surface area (Å²) in [6.45, 7) is 5.94. The molecule has 1 fully saturated rings. The first kappa shape index (κ1) is 16.5. The predicted octanol–water partition coefficient (Wildman–Crippen LogP) is 3.71. The Bertz CT molecular complexity index is 536. The number of aldehydes is 1. The van der Waals surface area contributed by atoms with E-state index in [9.17, 15) is 14.0 Å². The van der Waals surface area contributed by atoms with Crippen LogP contribution < -0.4 is 0 Å². The van der Waals surface area contributed by atoms with Crippen LogP contribution in [0.2, 0.25) is 0 Å². The molecule has 1 aliphatic heterocycles. The van der Waals surface area contributed by atoms with Crippen LogP contribution >= 0.6 is 0 Å². The number of carbonyl (C=O) groups excluding carboxylic acids is 2. The molecule has 0 radical (unpaired) electrons. The van der Waals surface area contributed by atoms with Gasteiger partial charge in [0.1, 0.15) is 17.7 Å². The van der Waals surface area contributed by atoms with Gasteiger partial charge in [-0.25, -0.2) is 9.18 Å². The van der Waals surface area contributed by atoms with E-state index in [4.69, 9.17) is 4.74 Å². The van der Waals surface area contributed by atoms with Crippen LogP contribution in [0, 0.1) is 11.7 Å². The summed E-state index contributed by atoms with van der Waals surface area (Å²) in [6.07, 6.45) is 1.91. The van der Waals surface area contributed by atoms with E-state index in [0.717, 1.165) is 18.3 Å². The molecule has 1 aromatic carbocycles. The highest BCUT2D eigenvalue weighted by Crippen LogP contribution is 2.36. The molecule has 1 amide bonds. The van der Waals surface area contributed by atoms with Gasteiger partial charge in [-0.3, -0.25) is 0 Å². The third-order valence-corrected chi connectivity index (χ3v) is 3.69. The summed E-state index contributed by atoms with van der Waals surface area (Å²) in [7, 11) is 0. The molecule has 2 rings (SSSR count). The van der Waals surface area contributed by atoms with E-state index in [0.29, 0.717) is 13.0 Å². The molecule has 22 heavy (non-hydrogen) atoms. The molecule has 2 atom stereocenters. The maximum Gasteiger partial charge on any atom is 0.410 e. The molecular weight excluding hydrogens is 285 g/mol. The van der Waals surface area contributed by atoms with Gasteiger partial charge < -0.3 is 14.4 Å². The SMILES string of the molecule is CC(C)(C)OC(=O)N1CCCC(C=O)[C@H]1c1ccc(F)cc1. The van der Waals surface area contributed by atoms with Gasteiger partial charge in [0.05, 0.1) is 6.04 Å². The summed E-state index contributed by atoms with van der Waals surface area (Å²) in [5.41, 5.74) is 0.155. The van der Waals surface area contributed by atoms with Crippen LogP contribution in [0.3, 0.4) is 0 Å². The normalized spacial score (nSPS) is 22.3. The van der Waals surface area contributed by atoms with Crippen LogP contribution in [0.1, 0.15) is 45.2 Å². The Kier molecular flexibility index (Phi) is 4.84. The first-order valence-electron chi connectivity index (χ1n) is 7.52. The number of benzene rings is 1. The van der Waals surface area contributed by atoms with Crippen molar-refractivity contribution in [1.82, 2.24) is 4.90 Å². The van der Waals surface area contributed by atoms with Crippen molar-refractivity contribution in [3.8, 4) is 0 Å². The average molecular weight is 307 g/mol. The standard InChI is InChI=1S/C17H22FNO3/c1-17(2,3)22-16(21)19-10-4-5-13(11-20)15(19)12-6-8-14(18)9-7-12/h6-9,11,13,15H,4-5,10H2,1-3H3/t13?,15-/m1/s1. The van der Waals surface area contributed by atoms with Crippen LogP contribution in [0.5, 0.6) is 0 Å². The van der Waals surface area contributed by atoms with E-state index >= 15 is 0 Å². The van der Waals surface area contributed by atoms with Crippen molar-refractivity contribution in [3.05, 3.63) is 35.6 Å². The van der Waals surface area contributed by atoms with Gasteiger partial charge in [-0.1, -0.05) is 12.1 Å². The number of carbonyl (C=O) groups is 2. The van der Waals surface area contributed by atoms with Crippen molar-refractivity contribution < 1.29 is 18.7 Å². The van der Waals surface area contributed by atoms with E-state index in [1.807, 2.05) is 0 Å². The number of piperidine rings is 1. The zero-order valence-electron chi connectivity index (χ0n) is 13.2. The Morgan fingerprint density at radius 2 is 1.95 bits per heavy atom. The smallest absolute Gasteiger partial charge is 0.410 e. The maximum atomic E-state index is 13.1. The van der Waals surface area contributed by atoms with Gasteiger partial charge in [-0.15, -0.1) is 0 Å². The van der Waals surface area contributed by atoms with Crippen LogP contribution in [-0.2, 0) is 9.53 Å². The second-order valence-corrected chi connectivity index (χ2v) is 6.61. The summed E-state index contributed by atoms with van der Waals surface area (Å²) in [5, 5.41) is 0. The van der Waals surface area contributed by atoms with Crippen molar-refractivity contribution in [1.29, 1.82) is 0 Å². The quantitative estimate of drug-likeness (QED) is 0.782. The maximum absolute atomic E-state index is 13.1. The summed E-state index contributed by atoms with van der Waals surface area (Å²) in [4.78, 5) is 25.4. The molecule has 1 heterocycles. The minimum Gasteiger partial charge on any atom is -0.444 e. The number of hydrogen-bond acceptors (Lipinski definition) is 3. The van der Waals surface area contributed by atoms with Crippen LogP contribution in [0.4, 0.5) is 9.18 Å². The van der Waals surface area contributed by atoms with E-state index in [1.54, 1.807) is 37.8 Å². The number of likely N-dealkylation sites (tertiary alicyclic amines) is 1. The molecular formula is C17H22FNO3. The molecule has 0 aliphatic carbocycles. The Hall–Kier alpha value is -1.91. The molecule has 0 N–H and O–H groups in total. The highest BCUT2D eigenvalue weighted by atomic mass is 19.1. The summed E-state index contributed by atoms with van der Waals surface area (Å²) < 4.78 is 18.6. The Labute approximate surface area is 130 Å². The zero-order valence-corrected chi connectivity index (χ0v) is 13.2. The van der Waals surface area contributed by atoms with Gasteiger partial charge in [0.2, 0.25) is 0 Å². The van der Waals surface area contributed by atoms with E-state index < -0.39 is 17.7 Å². The number of nitrogens with zero attached hydrogens (tertiary/aromatic N) is 1. The lowest BCUT2D eigenvalue weighted by atomic mass is 9.86. The fraction of sp³-hybridized carbons (Fsp3) is 0.529. The molecule has 5 heteroatoms. The Morgan fingerprint density at radius 1 is 1.32 bits per heavy atom. The van der Waals surface area contributed by atoms with Crippen LogP contribution in [-0.4, -0.2) is 29.4 Å². The Morgan fingerprint density at radius 3 is 2.50 bits per heavy atom. The second-order valence-electron chi connectivity index (χ2n) is 6.61. The van der Waals surface area contributed by atoms with Gasteiger partial charge in [-0.05, 0) is 51.3 Å². The van der Waals surface area contributed by atoms with E-state index in [-0.39, 0.29) is 11.7 Å². The minimum absolute atomic E-state index is 0.299. The lowest BCUT2D eigenvalue weighted by molar-refractivity contribution is -0.114. The first-order chi connectivity index (χ1) is 10.3. The van der Waals surface area contributed by atoms with E-state index in [1.165, 1.54) is 12.1 Å².